The monoisotopic (exact) mass is 331 g/mol. The smallest absolute Gasteiger partial charge is 0.410 e. The molecule has 0 saturated heterocycles. The molecule has 0 radical (unpaired) electrons. The van der Waals surface area contributed by atoms with E-state index in [0.29, 0.717) is 5.92 Å². The van der Waals surface area contributed by atoms with Crippen LogP contribution in [0.1, 0.15) is 61.9 Å². The lowest BCUT2D eigenvalue weighted by Gasteiger charge is -2.28. The zero-order valence-corrected chi connectivity index (χ0v) is 14.5. The normalized spacial score (nSPS) is 22.8. The molecule has 2 fully saturated rings. The van der Waals surface area contributed by atoms with Crippen molar-refractivity contribution in [3.05, 3.63) is 35.4 Å². The van der Waals surface area contributed by atoms with E-state index in [9.17, 15) is 9.59 Å². The van der Waals surface area contributed by atoms with E-state index in [1.807, 2.05) is 37.8 Å². The number of ether oxygens (including phenoxy) is 1. The third kappa shape index (κ3) is 4.08. The Balaban J connectivity index is 1.68. The molecule has 0 aliphatic heterocycles. The third-order valence-corrected chi connectivity index (χ3v) is 4.52. The van der Waals surface area contributed by atoms with Gasteiger partial charge in [-0.3, -0.25) is 0 Å². The fourth-order valence-electron chi connectivity index (χ4n) is 3.00. The number of carboxylic acid groups (broad SMARTS) is 1. The van der Waals surface area contributed by atoms with Crippen molar-refractivity contribution in [1.82, 2.24) is 4.90 Å². The number of carboxylic acids is 1. The molecule has 0 bridgehead atoms. The first kappa shape index (κ1) is 16.8. The molecule has 2 saturated carbocycles. The highest BCUT2D eigenvalue weighted by Gasteiger charge is 2.47. The van der Waals surface area contributed by atoms with Gasteiger partial charge in [-0.05, 0) is 63.6 Å². The van der Waals surface area contributed by atoms with Crippen molar-refractivity contribution in [2.45, 2.75) is 57.6 Å². The predicted molar refractivity (Wildman–Crippen MR) is 90.2 cm³/mol. The fourth-order valence-corrected chi connectivity index (χ4v) is 3.00. The Hall–Kier alpha value is -2.04. The van der Waals surface area contributed by atoms with E-state index < -0.39 is 11.6 Å². The highest BCUT2D eigenvalue weighted by atomic mass is 16.6. The molecule has 1 amide bonds. The second-order valence-electron chi connectivity index (χ2n) is 7.91. The molecule has 130 valence electrons. The maximum absolute atomic E-state index is 12.5. The van der Waals surface area contributed by atoms with Crippen LogP contribution in [0, 0.1) is 5.92 Å². The molecule has 1 aromatic carbocycles. The van der Waals surface area contributed by atoms with Crippen LogP contribution in [-0.4, -0.2) is 40.3 Å². The average molecular weight is 331 g/mol. The molecule has 5 heteroatoms. The quantitative estimate of drug-likeness (QED) is 0.889. The minimum atomic E-state index is -0.919. The van der Waals surface area contributed by atoms with Crippen LogP contribution in [0.2, 0.25) is 0 Å². The second-order valence-corrected chi connectivity index (χ2v) is 7.91. The summed E-state index contributed by atoms with van der Waals surface area (Å²) in [6.45, 7) is 6.42. The van der Waals surface area contributed by atoms with Crippen LogP contribution in [0.15, 0.2) is 24.3 Å². The van der Waals surface area contributed by atoms with Crippen molar-refractivity contribution in [3.63, 3.8) is 0 Å². The van der Waals surface area contributed by atoms with Gasteiger partial charge in [0.25, 0.3) is 0 Å². The Morgan fingerprint density at radius 2 is 1.83 bits per heavy atom. The van der Waals surface area contributed by atoms with Gasteiger partial charge in [-0.2, -0.15) is 0 Å². The van der Waals surface area contributed by atoms with E-state index in [4.69, 9.17) is 9.84 Å². The Labute approximate surface area is 142 Å². The minimum Gasteiger partial charge on any atom is -0.478 e. The van der Waals surface area contributed by atoms with Gasteiger partial charge in [-0.1, -0.05) is 12.1 Å². The Morgan fingerprint density at radius 1 is 1.21 bits per heavy atom. The summed E-state index contributed by atoms with van der Waals surface area (Å²) in [5.41, 5.74) is 0.888. The average Bonchev–Trinajstić information content (AvgIpc) is 3.37. The van der Waals surface area contributed by atoms with Crippen molar-refractivity contribution < 1.29 is 19.4 Å². The number of benzene rings is 1. The van der Waals surface area contributed by atoms with Gasteiger partial charge < -0.3 is 14.7 Å². The van der Waals surface area contributed by atoms with Crippen LogP contribution in [-0.2, 0) is 4.74 Å². The number of carbonyl (C=O) groups is 2. The number of hydrogen-bond acceptors (Lipinski definition) is 3. The van der Waals surface area contributed by atoms with Gasteiger partial charge in [-0.15, -0.1) is 0 Å². The van der Waals surface area contributed by atoms with E-state index in [1.165, 1.54) is 12.8 Å². The zero-order valence-electron chi connectivity index (χ0n) is 14.5. The summed E-state index contributed by atoms with van der Waals surface area (Å²) in [6.07, 6.45) is 3.05. The largest absolute Gasteiger partial charge is 0.478 e. The minimum absolute atomic E-state index is 0.163. The molecule has 1 aromatic rings. The van der Waals surface area contributed by atoms with Gasteiger partial charge in [0.05, 0.1) is 5.56 Å². The van der Waals surface area contributed by atoms with Crippen molar-refractivity contribution in [3.8, 4) is 0 Å². The first-order valence-electron chi connectivity index (χ1n) is 8.57. The van der Waals surface area contributed by atoms with E-state index in [-0.39, 0.29) is 23.6 Å². The van der Waals surface area contributed by atoms with E-state index >= 15 is 0 Å². The van der Waals surface area contributed by atoms with Crippen molar-refractivity contribution in [1.29, 1.82) is 0 Å². The fraction of sp³-hybridized carbons (Fsp3) is 0.579. The molecule has 0 spiro atoms. The van der Waals surface area contributed by atoms with Gasteiger partial charge >= 0.3 is 12.1 Å². The molecular weight excluding hydrogens is 306 g/mol. The van der Waals surface area contributed by atoms with Gasteiger partial charge in [0.2, 0.25) is 0 Å². The van der Waals surface area contributed by atoms with Crippen LogP contribution in [0.3, 0.4) is 0 Å². The van der Waals surface area contributed by atoms with Crippen molar-refractivity contribution in [2.75, 3.05) is 6.54 Å². The summed E-state index contributed by atoms with van der Waals surface area (Å²) in [7, 11) is 0. The summed E-state index contributed by atoms with van der Waals surface area (Å²) in [4.78, 5) is 25.4. The first-order chi connectivity index (χ1) is 11.2. The van der Waals surface area contributed by atoms with Crippen LogP contribution >= 0.6 is 0 Å². The molecule has 2 unspecified atom stereocenters. The second kappa shape index (κ2) is 6.11. The van der Waals surface area contributed by atoms with Gasteiger partial charge in [0.15, 0.2) is 0 Å². The Kier molecular flexibility index (Phi) is 4.28. The molecule has 5 nitrogen and oxygen atoms in total. The summed E-state index contributed by atoms with van der Waals surface area (Å²) in [6, 6.07) is 7.14. The molecule has 2 aliphatic carbocycles. The van der Waals surface area contributed by atoms with Gasteiger partial charge in [-0.25, -0.2) is 9.59 Å². The van der Waals surface area contributed by atoms with Crippen LogP contribution < -0.4 is 0 Å². The first-order valence-corrected chi connectivity index (χ1v) is 8.57. The topological polar surface area (TPSA) is 66.8 Å². The number of aromatic carboxylic acids is 1. The van der Waals surface area contributed by atoms with Crippen molar-refractivity contribution >= 4 is 12.1 Å². The number of rotatable bonds is 5. The summed E-state index contributed by atoms with van der Waals surface area (Å²) in [5, 5.41) is 8.99. The lowest BCUT2D eigenvalue weighted by molar-refractivity contribution is 0.0220. The lowest BCUT2D eigenvalue weighted by atomic mass is 10.1. The van der Waals surface area contributed by atoms with Crippen LogP contribution in [0.25, 0.3) is 0 Å². The van der Waals surface area contributed by atoms with Gasteiger partial charge in [0, 0.05) is 18.5 Å². The van der Waals surface area contributed by atoms with Gasteiger partial charge in [0.1, 0.15) is 5.60 Å². The SMILES string of the molecule is CC(C)(C)OC(=O)N(CC1CC1)C1CC1c1ccc(C(=O)O)cc1. The summed E-state index contributed by atoms with van der Waals surface area (Å²) < 4.78 is 5.57. The molecule has 2 atom stereocenters. The molecule has 0 heterocycles. The van der Waals surface area contributed by atoms with E-state index in [1.54, 1.807) is 12.1 Å². The number of hydrogen-bond donors (Lipinski definition) is 1. The molecule has 0 aromatic heterocycles. The standard InChI is InChI=1S/C19H25NO4/c1-19(2,3)24-18(23)20(11-12-4-5-12)16-10-15(16)13-6-8-14(9-7-13)17(21)22/h6-9,12,15-16H,4-5,10-11H2,1-3H3,(H,21,22). The van der Waals surface area contributed by atoms with Crippen molar-refractivity contribution in [2.24, 2.45) is 5.92 Å². The number of amides is 1. The highest BCUT2D eigenvalue weighted by molar-refractivity contribution is 5.87. The van der Waals surface area contributed by atoms with Crippen LogP contribution in [0.5, 0.6) is 0 Å². The van der Waals surface area contributed by atoms with E-state index in [0.717, 1.165) is 18.5 Å². The molecule has 3 rings (SSSR count). The van der Waals surface area contributed by atoms with Crippen LogP contribution in [0.4, 0.5) is 4.79 Å². The number of nitrogens with zero attached hydrogens (tertiary/aromatic N) is 1. The molecule has 1 N–H and O–H groups in total. The number of carbonyl (C=O) groups excluding carboxylic acids is 1. The Morgan fingerprint density at radius 3 is 2.33 bits per heavy atom. The molecule has 24 heavy (non-hydrogen) atoms. The third-order valence-electron chi connectivity index (χ3n) is 4.52. The highest BCUT2D eigenvalue weighted by Crippen LogP contribution is 2.46. The maximum atomic E-state index is 12.5. The lowest BCUT2D eigenvalue weighted by Crippen LogP contribution is -2.40. The summed E-state index contributed by atoms with van der Waals surface area (Å²) in [5.74, 6) is -0.0368. The predicted octanol–water partition coefficient (Wildman–Crippen LogP) is 3.89. The zero-order chi connectivity index (χ0) is 17.5. The Bertz CT molecular complexity index is 628. The molecular formula is C19H25NO4. The molecule has 2 aliphatic rings. The summed E-state index contributed by atoms with van der Waals surface area (Å²) >= 11 is 0. The maximum Gasteiger partial charge on any atom is 0.410 e. The van der Waals surface area contributed by atoms with E-state index in [2.05, 4.69) is 0 Å².